The van der Waals surface area contributed by atoms with E-state index < -0.39 is 11.1 Å². The van der Waals surface area contributed by atoms with Crippen molar-refractivity contribution in [3.63, 3.8) is 0 Å². The molecule has 0 saturated carbocycles. The lowest BCUT2D eigenvalue weighted by molar-refractivity contribution is -0.129. The molecule has 170 valence electrons. The summed E-state index contributed by atoms with van der Waals surface area (Å²) < 4.78 is 2.82. The first-order valence-corrected chi connectivity index (χ1v) is 11.4. The molecule has 0 unspecified atom stereocenters. The monoisotopic (exact) mass is 444 g/mol. The van der Waals surface area contributed by atoms with Gasteiger partial charge in [-0.1, -0.05) is 54.1 Å². The molecule has 5 rings (SSSR count). The molecule has 1 amide bonds. The second-order valence-electron chi connectivity index (χ2n) is 9.60. The van der Waals surface area contributed by atoms with E-state index in [-0.39, 0.29) is 17.9 Å². The average molecular weight is 445 g/mol. The highest BCUT2D eigenvalue weighted by Crippen LogP contribution is 2.39. The molecule has 7 nitrogen and oxygen atoms in total. The quantitative estimate of drug-likeness (QED) is 0.578. The number of likely N-dealkylation sites (tertiary alicyclic amines) is 1. The van der Waals surface area contributed by atoms with Crippen molar-refractivity contribution in [2.45, 2.75) is 46.2 Å². The smallest absolute Gasteiger partial charge is 0.332 e. The summed E-state index contributed by atoms with van der Waals surface area (Å²) in [4.78, 5) is 40.5. The Bertz CT molecular complexity index is 1340. The summed E-state index contributed by atoms with van der Waals surface area (Å²) in [6.07, 6.45) is 1.79. The minimum absolute atomic E-state index is 0.108. The van der Waals surface area contributed by atoms with Crippen LogP contribution in [-0.4, -0.2) is 38.2 Å². The van der Waals surface area contributed by atoms with E-state index in [2.05, 4.69) is 5.10 Å². The van der Waals surface area contributed by atoms with Crippen LogP contribution in [0.1, 0.15) is 34.5 Å². The summed E-state index contributed by atoms with van der Waals surface area (Å²) in [6.45, 7) is 6.01. The van der Waals surface area contributed by atoms with Crippen molar-refractivity contribution in [1.82, 2.24) is 19.2 Å². The molecule has 0 aliphatic carbocycles. The molecule has 0 radical (unpaired) electrons. The van der Waals surface area contributed by atoms with Crippen LogP contribution in [0.4, 0.5) is 0 Å². The fourth-order valence-corrected chi connectivity index (χ4v) is 5.08. The van der Waals surface area contributed by atoms with E-state index in [1.807, 2.05) is 67.3 Å². The number of amides is 1. The minimum atomic E-state index is -0.596. The third-order valence-corrected chi connectivity index (χ3v) is 7.08. The summed E-state index contributed by atoms with van der Waals surface area (Å²) in [5.41, 5.74) is 2.89. The van der Waals surface area contributed by atoms with E-state index in [1.165, 1.54) is 9.25 Å². The van der Waals surface area contributed by atoms with Gasteiger partial charge < -0.3 is 4.90 Å². The third kappa shape index (κ3) is 4.03. The standard InChI is InChI=1S/C26H28N4O3/c1-18-7-9-20(10-8-18)15-30-25(33)24(32)29-17-26(14-22(29)27-30)11-12-28(16-26)23(31)13-21-6-4-3-5-19(21)2/h3-10H,11-17H2,1-2H3/t26-/m0/s1. The Balaban J connectivity index is 1.34. The molecule has 1 atom stereocenters. The molecule has 1 aromatic heterocycles. The predicted octanol–water partition coefficient (Wildman–Crippen LogP) is 2.09. The van der Waals surface area contributed by atoms with Gasteiger partial charge in [-0.05, 0) is 37.0 Å². The molecule has 3 aromatic rings. The number of aryl methyl sites for hydroxylation is 2. The van der Waals surface area contributed by atoms with Gasteiger partial charge in [0.05, 0.1) is 13.0 Å². The Morgan fingerprint density at radius 1 is 1.00 bits per heavy atom. The number of rotatable bonds is 4. The molecule has 0 N–H and O–H groups in total. The van der Waals surface area contributed by atoms with Crippen molar-refractivity contribution in [1.29, 1.82) is 0 Å². The number of carbonyl (C=O) groups is 1. The molecule has 1 saturated heterocycles. The van der Waals surface area contributed by atoms with E-state index in [0.717, 1.165) is 28.7 Å². The molecule has 1 spiro atoms. The summed E-state index contributed by atoms with van der Waals surface area (Å²) in [7, 11) is 0. The third-order valence-electron chi connectivity index (χ3n) is 7.08. The maximum Gasteiger partial charge on any atom is 0.332 e. The largest absolute Gasteiger partial charge is 0.342 e. The fourth-order valence-electron chi connectivity index (χ4n) is 5.08. The van der Waals surface area contributed by atoms with Crippen molar-refractivity contribution in [2.75, 3.05) is 13.1 Å². The van der Waals surface area contributed by atoms with Gasteiger partial charge in [0.25, 0.3) is 0 Å². The van der Waals surface area contributed by atoms with Gasteiger partial charge in [-0.3, -0.25) is 19.0 Å². The van der Waals surface area contributed by atoms with E-state index in [9.17, 15) is 14.4 Å². The molecule has 1 fully saturated rings. The fraction of sp³-hybridized carbons (Fsp3) is 0.385. The van der Waals surface area contributed by atoms with Crippen LogP contribution in [-0.2, 0) is 30.7 Å². The summed E-state index contributed by atoms with van der Waals surface area (Å²) in [5, 5.41) is 4.56. The van der Waals surface area contributed by atoms with Crippen LogP contribution < -0.4 is 11.1 Å². The maximum absolute atomic E-state index is 13.0. The van der Waals surface area contributed by atoms with Crippen molar-refractivity contribution in [3.05, 3.63) is 97.3 Å². The van der Waals surface area contributed by atoms with Crippen molar-refractivity contribution < 1.29 is 4.79 Å². The number of hydrogen-bond acceptors (Lipinski definition) is 4. The zero-order chi connectivity index (χ0) is 23.2. The number of nitrogens with zero attached hydrogens (tertiary/aromatic N) is 4. The topological polar surface area (TPSA) is 77.2 Å². The van der Waals surface area contributed by atoms with E-state index in [4.69, 9.17) is 0 Å². The number of fused-ring (bicyclic) bond motifs is 1. The van der Waals surface area contributed by atoms with Crippen molar-refractivity contribution in [3.8, 4) is 0 Å². The Labute approximate surface area is 192 Å². The lowest BCUT2D eigenvalue weighted by Crippen LogP contribution is -2.43. The van der Waals surface area contributed by atoms with Gasteiger partial charge in [0.1, 0.15) is 5.82 Å². The van der Waals surface area contributed by atoms with Crippen LogP contribution in [0.25, 0.3) is 0 Å². The average Bonchev–Trinajstić information content (AvgIpc) is 3.38. The van der Waals surface area contributed by atoms with Crippen LogP contribution in [0.15, 0.2) is 58.1 Å². The second-order valence-corrected chi connectivity index (χ2v) is 9.60. The normalized spacial score (nSPS) is 19.3. The first kappa shape index (κ1) is 21.4. The molecule has 2 aliphatic heterocycles. The van der Waals surface area contributed by atoms with Crippen molar-refractivity contribution >= 4 is 5.91 Å². The zero-order valence-electron chi connectivity index (χ0n) is 19.1. The summed E-state index contributed by atoms with van der Waals surface area (Å²) in [6, 6.07) is 15.8. The Morgan fingerprint density at radius 3 is 2.52 bits per heavy atom. The van der Waals surface area contributed by atoms with E-state index in [1.54, 1.807) is 0 Å². The summed E-state index contributed by atoms with van der Waals surface area (Å²) in [5.74, 6) is 0.747. The Hall–Kier alpha value is -3.48. The lowest BCUT2D eigenvalue weighted by atomic mass is 9.86. The van der Waals surface area contributed by atoms with Gasteiger partial charge in [-0.2, -0.15) is 5.10 Å². The van der Waals surface area contributed by atoms with Gasteiger partial charge in [-0.15, -0.1) is 0 Å². The van der Waals surface area contributed by atoms with E-state index in [0.29, 0.717) is 38.3 Å². The molecule has 33 heavy (non-hydrogen) atoms. The summed E-state index contributed by atoms with van der Waals surface area (Å²) >= 11 is 0. The molecule has 2 aliphatic rings. The van der Waals surface area contributed by atoms with E-state index >= 15 is 0 Å². The number of benzene rings is 2. The number of carbonyl (C=O) groups excluding carboxylic acids is 1. The first-order valence-electron chi connectivity index (χ1n) is 11.4. The van der Waals surface area contributed by atoms with Crippen LogP contribution in [0.5, 0.6) is 0 Å². The number of aromatic nitrogens is 3. The second kappa shape index (κ2) is 8.14. The van der Waals surface area contributed by atoms with Gasteiger partial charge in [0.15, 0.2) is 0 Å². The van der Waals surface area contributed by atoms with Crippen LogP contribution >= 0.6 is 0 Å². The van der Waals surface area contributed by atoms with Crippen molar-refractivity contribution in [2.24, 2.45) is 5.41 Å². The highest BCUT2D eigenvalue weighted by Gasteiger charge is 2.45. The SMILES string of the molecule is Cc1ccc(Cn2nc3n(c(=O)c2=O)C[C@@]2(CCN(C(=O)Cc4ccccc4C)C2)C3)cc1. The molecule has 2 aromatic carbocycles. The highest BCUT2D eigenvalue weighted by molar-refractivity contribution is 5.79. The Morgan fingerprint density at radius 2 is 1.76 bits per heavy atom. The first-order chi connectivity index (χ1) is 15.8. The molecular formula is C26H28N4O3. The molecule has 3 heterocycles. The minimum Gasteiger partial charge on any atom is -0.342 e. The van der Waals surface area contributed by atoms with Crippen LogP contribution in [0.2, 0.25) is 0 Å². The van der Waals surface area contributed by atoms with Gasteiger partial charge in [-0.25, -0.2) is 4.68 Å². The van der Waals surface area contributed by atoms with Gasteiger partial charge >= 0.3 is 11.1 Å². The Kier molecular flexibility index (Phi) is 5.27. The van der Waals surface area contributed by atoms with Crippen LogP contribution in [0, 0.1) is 19.3 Å². The zero-order valence-corrected chi connectivity index (χ0v) is 19.1. The highest BCUT2D eigenvalue weighted by atomic mass is 16.2. The number of hydrogen-bond donors (Lipinski definition) is 0. The molecule has 7 heteroatoms. The van der Waals surface area contributed by atoms with Crippen LogP contribution in [0.3, 0.4) is 0 Å². The molecule has 0 bridgehead atoms. The predicted molar refractivity (Wildman–Crippen MR) is 125 cm³/mol. The van der Waals surface area contributed by atoms with Gasteiger partial charge in [0.2, 0.25) is 5.91 Å². The maximum atomic E-state index is 13.0. The molecular weight excluding hydrogens is 416 g/mol. The lowest BCUT2D eigenvalue weighted by Gasteiger charge is -2.23. The van der Waals surface area contributed by atoms with Gasteiger partial charge in [0, 0.05) is 31.5 Å².